The van der Waals surface area contributed by atoms with Crippen molar-refractivity contribution in [2.45, 2.75) is 11.4 Å². The Balaban J connectivity index is 0.000000186. The van der Waals surface area contributed by atoms with Crippen molar-refractivity contribution in [3.05, 3.63) is 106 Å². The van der Waals surface area contributed by atoms with Crippen molar-refractivity contribution in [3.63, 3.8) is 0 Å². The maximum Gasteiger partial charge on any atom is -0.0253 e. The van der Waals surface area contributed by atoms with Crippen molar-refractivity contribution in [2.75, 3.05) is 0 Å². The smallest absolute Gasteiger partial charge is 0.0253 e. The van der Waals surface area contributed by atoms with E-state index >= 15 is 0 Å². The number of ether oxygens (including phenoxy) is 1. The van der Waals surface area contributed by atoms with Crippen LogP contribution in [-0.4, -0.2) is 5.01 Å². The number of benzene rings is 3. The topological polar surface area (TPSA) is 9.23 Å². The molecule has 6 rings (SSSR count). The number of halogens is 3. The third-order valence-corrected chi connectivity index (χ3v) is 5.27. The van der Waals surface area contributed by atoms with Crippen molar-refractivity contribution in [1.82, 2.24) is 0 Å². The second-order valence-electron chi connectivity index (χ2n) is 6.45. The van der Waals surface area contributed by atoms with Crippen LogP contribution in [0, 0.1) is 12.1 Å². The van der Waals surface area contributed by atoms with Gasteiger partial charge in [0.05, 0.1) is 0 Å². The monoisotopic (exact) mass is 590 g/mol. The molecule has 3 aromatic carbocycles. The second-order valence-corrected chi connectivity index (χ2v) is 7.28. The molecule has 1 atom stereocenters. The van der Waals surface area contributed by atoms with Crippen molar-refractivity contribution in [1.29, 1.82) is 0 Å². The van der Waals surface area contributed by atoms with E-state index in [-0.39, 0.29) is 29.8 Å². The molecule has 1 heterocycles. The third kappa shape index (κ3) is 5.11. The number of fused-ring (bicyclic) bond motifs is 5. The van der Waals surface area contributed by atoms with Gasteiger partial charge < -0.3 is 29.6 Å². The Hall–Kier alpha value is -0.897. The van der Waals surface area contributed by atoms with Crippen LogP contribution in [0.25, 0.3) is 23.0 Å². The molecular weight excluding hydrogens is 578 g/mol. The Kier molecular flexibility index (Phi) is 9.85. The summed E-state index contributed by atoms with van der Waals surface area (Å²) in [6.45, 7) is 0. The zero-order valence-corrected chi connectivity index (χ0v) is 22.0. The van der Waals surface area contributed by atoms with Gasteiger partial charge in [-0.25, -0.2) is 0 Å². The van der Waals surface area contributed by atoms with Gasteiger partial charge >= 0.3 is 31.5 Å². The Bertz CT molecular complexity index is 1150. The summed E-state index contributed by atoms with van der Waals surface area (Å²) in [7, 11) is 4.17. The standard InChI is InChI=1S/C13H9.C11H6BrO.2ClH.S.Zr/c1-3-7-12-10(5-1)9-11-6-2-4-8-13(11)12;12-10-6-8-5-7-3-1-2-4-9(7)11(8)13-10;;;;/h1-5,7-8H,9H2;1-5,10H;2*1H;;/q2*-1;;;;+2/p-2. The van der Waals surface area contributed by atoms with Gasteiger partial charge in [0.15, 0.2) is 0 Å². The molecular formula is C24H15BrCl2OSZr-2. The van der Waals surface area contributed by atoms with Crippen LogP contribution in [0.1, 0.15) is 11.1 Å². The zero-order chi connectivity index (χ0) is 19.5. The minimum Gasteiger partial charge on any atom is -0.179 e. The van der Waals surface area contributed by atoms with Crippen molar-refractivity contribution < 1.29 is 52.2 Å². The van der Waals surface area contributed by atoms with Gasteiger partial charge in [0.25, 0.3) is 0 Å². The molecule has 3 aliphatic rings. The van der Waals surface area contributed by atoms with Crippen LogP contribution in [0.3, 0.4) is 0 Å². The largest absolute Gasteiger partial charge is 0.179 e. The van der Waals surface area contributed by atoms with E-state index in [1.54, 1.807) is 0 Å². The molecule has 6 heteroatoms. The van der Waals surface area contributed by atoms with Gasteiger partial charge in [-0.3, -0.25) is 0 Å². The summed E-state index contributed by atoms with van der Waals surface area (Å²) in [5, 5.41) is 2.31. The SMILES string of the molecule is BrC1[C-]=C2C=c3ccccc3=C2O1.[Cl-].[Cl-].[S]=[Zr+2].[c-]1cccc2c1Cc1ccccc1-2. The first-order chi connectivity index (χ1) is 13.8. The van der Waals surface area contributed by atoms with Crippen LogP contribution < -0.4 is 35.3 Å². The molecule has 30 heavy (non-hydrogen) atoms. The minimum atomic E-state index is -0.0814. The predicted octanol–water partition coefficient (Wildman–Crippen LogP) is -1.22. The van der Waals surface area contributed by atoms with Gasteiger partial charge in [-0.05, 0) is 11.6 Å². The normalized spacial score (nSPS) is 15.5. The van der Waals surface area contributed by atoms with Crippen LogP contribution in [0.2, 0.25) is 0 Å². The summed E-state index contributed by atoms with van der Waals surface area (Å²) in [6.07, 6.45) is 6.33. The molecule has 0 fully saturated rings. The fourth-order valence-corrected chi connectivity index (χ4v) is 4.12. The fraction of sp³-hybridized carbons (Fsp3) is 0.0833. The predicted molar refractivity (Wildman–Crippen MR) is 115 cm³/mol. The summed E-state index contributed by atoms with van der Waals surface area (Å²) >= 11 is 4.48. The van der Waals surface area contributed by atoms with Gasteiger partial charge in [-0.1, -0.05) is 80.8 Å². The number of hydrogen-bond acceptors (Lipinski definition) is 2. The molecule has 1 nitrogen and oxygen atoms in total. The van der Waals surface area contributed by atoms with E-state index < -0.39 is 0 Å². The molecule has 0 bridgehead atoms. The van der Waals surface area contributed by atoms with Gasteiger partial charge in [0, 0.05) is 5.76 Å². The summed E-state index contributed by atoms with van der Waals surface area (Å²) in [4.78, 5) is 0. The van der Waals surface area contributed by atoms with E-state index in [0.717, 1.165) is 40.4 Å². The van der Waals surface area contributed by atoms with Crippen molar-refractivity contribution in [3.8, 4) is 11.1 Å². The first-order valence-corrected chi connectivity index (χ1v) is 13.2. The van der Waals surface area contributed by atoms with Crippen LogP contribution >= 0.6 is 24.8 Å². The van der Waals surface area contributed by atoms with E-state index in [1.165, 1.54) is 32.7 Å². The van der Waals surface area contributed by atoms with E-state index in [9.17, 15) is 0 Å². The van der Waals surface area contributed by atoms with E-state index in [1.807, 2.05) is 18.2 Å². The molecule has 1 unspecified atom stereocenters. The molecule has 0 N–H and O–H groups in total. The Morgan fingerprint density at radius 2 is 1.63 bits per heavy atom. The third-order valence-electron chi connectivity index (χ3n) is 4.86. The molecule has 0 saturated heterocycles. The van der Waals surface area contributed by atoms with Crippen LogP contribution in [0.4, 0.5) is 0 Å². The summed E-state index contributed by atoms with van der Waals surface area (Å²) in [6, 6.07) is 26.3. The molecule has 2 aliphatic carbocycles. The first kappa shape index (κ1) is 25.4. The van der Waals surface area contributed by atoms with Crippen LogP contribution in [0.5, 0.6) is 0 Å². The first-order valence-electron chi connectivity index (χ1n) is 8.83. The average molecular weight is 593 g/mol. The van der Waals surface area contributed by atoms with Crippen molar-refractivity contribution >= 4 is 36.6 Å². The molecule has 0 amide bonds. The van der Waals surface area contributed by atoms with Crippen LogP contribution in [0.15, 0.2) is 72.3 Å². The van der Waals surface area contributed by atoms with E-state index in [2.05, 4.69) is 91.5 Å². The zero-order valence-electron chi connectivity index (χ0n) is 15.7. The van der Waals surface area contributed by atoms with Gasteiger partial charge in [0.2, 0.25) is 0 Å². The molecule has 0 aromatic heterocycles. The number of alkyl halides is 1. The van der Waals surface area contributed by atoms with Gasteiger partial charge in [-0.2, -0.15) is 41.5 Å². The average Bonchev–Trinajstić information content (AvgIpc) is 3.40. The Labute approximate surface area is 215 Å². The quantitative estimate of drug-likeness (QED) is 0.187. The van der Waals surface area contributed by atoms with Crippen LogP contribution in [-0.2, 0) is 33.8 Å². The molecule has 1 aliphatic heterocycles. The summed E-state index contributed by atoms with van der Waals surface area (Å²) < 4.78 is 5.57. The maximum absolute atomic E-state index is 5.57. The minimum absolute atomic E-state index is 0. The molecule has 150 valence electrons. The Morgan fingerprint density at radius 1 is 0.933 bits per heavy atom. The van der Waals surface area contributed by atoms with Crippen molar-refractivity contribution in [2.24, 2.45) is 0 Å². The Morgan fingerprint density at radius 3 is 2.47 bits per heavy atom. The molecule has 3 aromatic rings. The second kappa shape index (κ2) is 11.6. The fourth-order valence-electron chi connectivity index (χ4n) is 3.68. The summed E-state index contributed by atoms with van der Waals surface area (Å²) in [5.74, 6) is 0.956. The maximum atomic E-state index is 5.57. The number of hydrogen-bond donors (Lipinski definition) is 0. The van der Waals surface area contributed by atoms with E-state index in [4.69, 9.17) is 4.74 Å². The molecule has 0 spiro atoms. The van der Waals surface area contributed by atoms with Gasteiger partial charge in [0.1, 0.15) is 5.01 Å². The number of rotatable bonds is 0. The summed E-state index contributed by atoms with van der Waals surface area (Å²) in [5.41, 5.74) is 6.58. The molecule has 0 saturated carbocycles. The molecule has 0 radical (unpaired) electrons. The van der Waals surface area contributed by atoms with E-state index in [0.29, 0.717) is 0 Å². The van der Waals surface area contributed by atoms with Gasteiger partial charge in [-0.15, -0.1) is 11.6 Å².